The van der Waals surface area contributed by atoms with Crippen LogP contribution in [0.15, 0.2) is 36.5 Å². The summed E-state index contributed by atoms with van der Waals surface area (Å²) in [6.07, 6.45) is 1.65. The molecule has 1 aromatic heterocycles. The van der Waals surface area contributed by atoms with Crippen molar-refractivity contribution in [1.82, 2.24) is 15.5 Å². The van der Waals surface area contributed by atoms with Gasteiger partial charge in [-0.1, -0.05) is 17.7 Å². The Morgan fingerprint density at radius 3 is 2.95 bits per heavy atom. The highest BCUT2D eigenvalue weighted by molar-refractivity contribution is 6.32. The third-order valence-corrected chi connectivity index (χ3v) is 4.07. The Morgan fingerprint density at radius 1 is 1.18 bits per heavy atom. The summed E-state index contributed by atoms with van der Waals surface area (Å²) in [7, 11) is 0. The molecule has 0 saturated carbocycles. The number of carbonyl (C=O) groups excluding carboxylic acids is 1. The zero-order chi connectivity index (χ0) is 15.1. The van der Waals surface area contributed by atoms with E-state index >= 15 is 0 Å². The number of hydrogen-bond donors (Lipinski definition) is 3. The van der Waals surface area contributed by atoms with Gasteiger partial charge >= 0.3 is 0 Å². The van der Waals surface area contributed by atoms with Gasteiger partial charge in [0.2, 0.25) is 0 Å². The molecule has 0 bridgehead atoms. The van der Waals surface area contributed by atoms with E-state index in [0.717, 1.165) is 24.2 Å². The van der Waals surface area contributed by atoms with Crippen LogP contribution in [0.3, 0.4) is 0 Å². The summed E-state index contributed by atoms with van der Waals surface area (Å²) in [6.45, 7) is 1.72. The van der Waals surface area contributed by atoms with Gasteiger partial charge in [-0.25, -0.2) is 0 Å². The van der Waals surface area contributed by atoms with Gasteiger partial charge in [0.15, 0.2) is 0 Å². The van der Waals surface area contributed by atoms with Gasteiger partial charge < -0.3 is 10.6 Å². The molecule has 0 unspecified atom stereocenters. The molecule has 1 aliphatic rings. The number of carbonyl (C=O) groups is 1. The Labute approximate surface area is 131 Å². The van der Waals surface area contributed by atoms with Crippen LogP contribution in [0.5, 0.6) is 0 Å². The zero-order valence-corrected chi connectivity index (χ0v) is 12.4. The largest absolute Gasteiger partial charge is 0.322 e. The number of rotatable bonds is 2. The van der Waals surface area contributed by atoms with Crippen LogP contribution in [0.4, 0.5) is 5.69 Å². The fourth-order valence-corrected chi connectivity index (χ4v) is 3.00. The number of aromatic amines is 1. The molecule has 0 atom stereocenters. The van der Waals surface area contributed by atoms with E-state index in [1.165, 1.54) is 11.1 Å². The highest BCUT2D eigenvalue weighted by Crippen LogP contribution is 2.24. The smallest absolute Gasteiger partial charge is 0.257 e. The van der Waals surface area contributed by atoms with E-state index in [1.54, 1.807) is 18.3 Å². The number of aromatic nitrogens is 2. The van der Waals surface area contributed by atoms with Crippen molar-refractivity contribution in [3.05, 3.63) is 58.2 Å². The van der Waals surface area contributed by atoms with Gasteiger partial charge in [0.1, 0.15) is 0 Å². The number of hydrogen-bond acceptors (Lipinski definition) is 3. The normalized spacial score (nSPS) is 13.3. The molecule has 0 saturated heterocycles. The highest BCUT2D eigenvalue weighted by atomic mass is 35.5. The van der Waals surface area contributed by atoms with E-state index in [4.69, 9.17) is 11.6 Å². The van der Waals surface area contributed by atoms with Crippen LogP contribution in [0.2, 0.25) is 5.02 Å². The molecule has 1 amide bonds. The monoisotopic (exact) mass is 312 g/mol. The topological polar surface area (TPSA) is 69.8 Å². The molecule has 1 aliphatic heterocycles. The maximum Gasteiger partial charge on any atom is 0.257 e. The average Bonchev–Trinajstić information content (AvgIpc) is 3.13. The quantitative estimate of drug-likeness (QED) is 0.681. The molecule has 110 valence electrons. The van der Waals surface area contributed by atoms with Crippen LogP contribution >= 0.6 is 11.6 Å². The third-order valence-electron chi connectivity index (χ3n) is 3.85. The number of H-pyrrole nitrogens is 1. The summed E-state index contributed by atoms with van der Waals surface area (Å²) >= 11 is 6.07. The molecule has 2 aromatic carbocycles. The second-order valence-electron chi connectivity index (χ2n) is 5.33. The van der Waals surface area contributed by atoms with Crippen LogP contribution in [-0.2, 0) is 13.1 Å². The molecule has 3 N–H and O–H groups in total. The lowest BCUT2D eigenvalue weighted by molar-refractivity contribution is 0.102. The van der Waals surface area contributed by atoms with Crippen molar-refractivity contribution in [2.24, 2.45) is 0 Å². The van der Waals surface area contributed by atoms with Gasteiger partial charge in [-0.2, -0.15) is 5.10 Å². The van der Waals surface area contributed by atoms with Crippen LogP contribution in [0.1, 0.15) is 21.5 Å². The number of fused-ring (bicyclic) bond motifs is 2. The van der Waals surface area contributed by atoms with Crippen LogP contribution < -0.4 is 10.6 Å². The molecule has 6 heteroatoms. The predicted octanol–water partition coefficient (Wildman–Crippen LogP) is 3.07. The first-order chi connectivity index (χ1) is 10.7. The standard InChI is InChI=1S/C16H13ClN4O/c17-12-3-11-8-19-21-15(11)14(5-12)16(22)20-13-2-1-9-6-18-7-10(9)4-13/h1-5,8,18H,6-7H2,(H,19,21)(H,20,22). The minimum atomic E-state index is -0.206. The van der Waals surface area contributed by atoms with Crippen molar-refractivity contribution in [1.29, 1.82) is 0 Å². The summed E-state index contributed by atoms with van der Waals surface area (Å²) in [5.74, 6) is -0.206. The van der Waals surface area contributed by atoms with Crippen molar-refractivity contribution in [3.63, 3.8) is 0 Å². The first-order valence-electron chi connectivity index (χ1n) is 6.97. The second kappa shape index (κ2) is 5.12. The van der Waals surface area contributed by atoms with E-state index in [2.05, 4.69) is 20.8 Å². The Bertz CT molecular complexity index is 887. The second-order valence-corrected chi connectivity index (χ2v) is 5.77. The number of nitrogens with one attached hydrogen (secondary N) is 3. The summed E-state index contributed by atoms with van der Waals surface area (Å²) in [5.41, 5.74) is 4.44. The molecule has 0 aliphatic carbocycles. The van der Waals surface area contributed by atoms with Crippen LogP contribution in [-0.4, -0.2) is 16.1 Å². The summed E-state index contributed by atoms with van der Waals surface area (Å²) < 4.78 is 0. The summed E-state index contributed by atoms with van der Waals surface area (Å²) in [4.78, 5) is 12.5. The van der Waals surface area contributed by atoms with Gasteiger partial charge in [0, 0.05) is 29.2 Å². The fourth-order valence-electron chi connectivity index (χ4n) is 2.77. The summed E-state index contributed by atoms with van der Waals surface area (Å²) in [6, 6.07) is 9.37. The maximum atomic E-state index is 12.5. The van der Waals surface area contributed by atoms with Gasteiger partial charge in [-0.15, -0.1) is 0 Å². The van der Waals surface area contributed by atoms with Crippen molar-refractivity contribution < 1.29 is 4.79 Å². The van der Waals surface area contributed by atoms with E-state index in [1.807, 2.05) is 18.2 Å². The number of nitrogens with zero attached hydrogens (tertiary/aromatic N) is 1. The molecular weight excluding hydrogens is 300 g/mol. The predicted molar refractivity (Wildman–Crippen MR) is 86.0 cm³/mol. The molecule has 22 heavy (non-hydrogen) atoms. The number of halogens is 1. The lowest BCUT2D eigenvalue weighted by Gasteiger charge is -2.08. The Balaban J connectivity index is 1.68. The first kappa shape index (κ1) is 13.3. The molecule has 4 rings (SSSR count). The minimum absolute atomic E-state index is 0.206. The van der Waals surface area contributed by atoms with Crippen molar-refractivity contribution in [3.8, 4) is 0 Å². The van der Waals surface area contributed by atoms with Gasteiger partial charge in [-0.05, 0) is 35.4 Å². The van der Waals surface area contributed by atoms with Gasteiger partial charge in [-0.3, -0.25) is 9.89 Å². The van der Waals surface area contributed by atoms with E-state index in [-0.39, 0.29) is 5.91 Å². The molecule has 0 radical (unpaired) electrons. The lowest BCUT2D eigenvalue weighted by atomic mass is 10.1. The Kier molecular flexibility index (Phi) is 3.10. The van der Waals surface area contributed by atoms with E-state index in [9.17, 15) is 4.79 Å². The SMILES string of the molecule is O=C(Nc1ccc2c(c1)CNC2)c1cc(Cl)cc2cn[nH]c12. The average molecular weight is 313 g/mol. The number of benzene rings is 2. The van der Waals surface area contributed by atoms with Gasteiger partial charge in [0.25, 0.3) is 5.91 Å². The fraction of sp³-hybridized carbons (Fsp3) is 0.125. The number of anilines is 1. The first-order valence-corrected chi connectivity index (χ1v) is 7.35. The van der Waals surface area contributed by atoms with Crippen LogP contribution in [0.25, 0.3) is 10.9 Å². The maximum absolute atomic E-state index is 12.5. The van der Waals surface area contributed by atoms with Crippen molar-refractivity contribution in [2.75, 3.05) is 5.32 Å². The van der Waals surface area contributed by atoms with Crippen LogP contribution in [0, 0.1) is 0 Å². The molecule has 0 fully saturated rings. The van der Waals surface area contributed by atoms with Gasteiger partial charge in [0.05, 0.1) is 17.3 Å². The molecule has 3 aromatic rings. The van der Waals surface area contributed by atoms with E-state index in [0.29, 0.717) is 16.1 Å². The molecule has 5 nitrogen and oxygen atoms in total. The third kappa shape index (κ3) is 2.24. The highest BCUT2D eigenvalue weighted by Gasteiger charge is 2.15. The molecule has 0 spiro atoms. The molecular formula is C16H13ClN4O. The minimum Gasteiger partial charge on any atom is -0.322 e. The number of amides is 1. The van der Waals surface area contributed by atoms with Crippen molar-refractivity contribution in [2.45, 2.75) is 13.1 Å². The van der Waals surface area contributed by atoms with E-state index < -0.39 is 0 Å². The Hall–Kier alpha value is -2.37. The zero-order valence-electron chi connectivity index (χ0n) is 11.6. The summed E-state index contributed by atoms with van der Waals surface area (Å²) in [5, 5.41) is 14.3. The van der Waals surface area contributed by atoms with Crippen molar-refractivity contribution >= 4 is 34.1 Å². The Morgan fingerprint density at radius 2 is 2.05 bits per heavy atom. The molecule has 2 heterocycles. The lowest BCUT2D eigenvalue weighted by Crippen LogP contribution is -2.12.